The van der Waals surface area contributed by atoms with Crippen LogP contribution in [0.4, 0.5) is 33.2 Å². The van der Waals surface area contributed by atoms with Gasteiger partial charge in [0.25, 0.3) is 5.56 Å². The van der Waals surface area contributed by atoms with E-state index in [-0.39, 0.29) is 16.5 Å². The van der Waals surface area contributed by atoms with Gasteiger partial charge in [0.05, 0.1) is 17.9 Å². The van der Waals surface area contributed by atoms with Crippen molar-refractivity contribution in [2.45, 2.75) is 46.6 Å². The number of benzene rings is 2. The summed E-state index contributed by atoms with van der Waals surface area (Å²) in [6.45, 7) is 11.6. The highest BCUT2D eigenvalue weighted by molar-refractivity contribution is 5.93. The second-order valence-electron chi connectivity index (χ2n) is 12.2. The van der Waals surface area contributed by atoms with Crippen molar-refractivity contribution in [3.8, 4) is 0 Å². The van der Waals surface area contributed by atoms with E-state index in [4.69, 9.17) is 0 Å². The molecule has 0 spiro atoms. The van der Waals surface area contributed by atoms with Crippen molar-refractivity contribution in [1.82, 2.24) is 19.4 Å². The van der Waals surface area contributed by atoms with Crippen LogP contribution in [0.25, 0.3) is 10.9 Å². The number of rotatable bonds is 11. The van der Waals surface area contributed by atoms with Crippen LogP contribution in [0.1, 0.15) is 48.2 Å². The summed E-state index contributed by atoms with van der Waals surface area (Å²) >= 11 is 0. The number of carbonyl (C=O) groups is 1. The molecule has 6 rings (SSSR count). The minimum Gasteiger partial charge on any atom is -0.477 e. The molecular formula is C34H41FN8O4. The maximum absolute atomic E-state index is 15.3. The molecule has 248 valence electrons. The Labute approximate surface area is 271 Å². The van der Waals surface area contributed by atoms with Gasteiger partial charge >= 0.3 is 5.97 Å². The normalized spacial score (nSPS) is 14.8. The fourth-order valence-electron chi connectivity index (χ4n) is 6.53. The van der Waals surface area contributed by atoms with Crippen LogP contribution in [0.5, 0.6) is 0 Å². The monoisotopic (exact) mass is 644 g/mol. The van der Waals surface area contributed by atoms with Gasteiger partial charge < -0.3 is 35.1 Å². The molecule has 2 aliphatic rings. The maximum Gasteiger partial charge on any atom is 0.341 e. The molecular weight excluding hydrogens is 603 g/mol. The highest BCUT2D eigenvalue weighted by atomic mass is 19.1. The summed E-state index contributed by atoms with van der Waals surface area (Å²) in [5.41, 5.74) is 3.46. The number of fused-ring (bicyclic) bond motifs is 2. The molecule has 0 bridgehead atoms. The number of nitrogens with zero attached hydrogens (tertiary/aromatic N) is 5. The third-order valence-electron chi connectivity index (χ3n) is 9.24. The Morgan fingerprint density at radius 1 is 1.06 bits per heavy atom. The van der Waals surface area contributed by atoms with Crippen molar-refractivity contribution in [2.24, 2.45) is 0 Å². The number of hydrogen-bond donors (Lipinski definition) is 4. The van der Waals surface area contributed by atoms with Gasteiger partial charge in [-0.2, -0.15) is 4.98 Å². The van der Waals surface area contributed by atoms with E-state index in [0.29, 0.717) is 49.1 Å². The maximum atomic E-state index is 15.3. The summed E-state index contributed by atoms with van der Waals surface area (Å²) in [4.78, 5) is 51.0. The molecule has 47 heavy (non-hydrogen) atoms. The molecule has 0 radical (unpaired) electrons. The number of pyridine rings is 1. The number of aromatic amines is 1. The number of aromatic nitrogens is 3. The summed E-state index contributed by atoms with van der Waals surface area (Å²) < 4.78 is 16.9. The molecule has 12 nitrogen and oxygen atoms in total. The molecule has 4 N–H and O–H groups in total. The van der Waals surface area contributed by atoms with Gasteiger partial charge in [0, 0.05) is 56.5 Å². The number of halogens is 1. The van der Waals surface area contributed by atoms with Crippen LogP contribution < -0.4 is 31.4 Å². The van der Waals surface area contributed by atoms with Crippen molar-refractivity contribution in [3.05, 3.63) is 79.6 Å². The predicted octanol–water partition coefficient (Wildman–Crippen LogP) is 4.35. The zero-order valence-electron chi connectivity index (χ0n) is 27.0. The lowest BCUT2D eigenvalue weighted by molar-refractivity contribution is 0.0695. The summed E-state index contributed by atoms with van der Waals surface area (Å²) in [6, 6.07) is 8.98. The van der Waals surface area contributed by atoms with Crippen LogP contribution in [0.2, 0.25) is 0 Å². The first kappa shape index (κ1) is 32.0. The highest BCUT2D eigenvalue weighted by Crippen LogP contribution is 2.29. The van der Waals surface area contributed by atoms with Crippen LogP contribution in [0, 0.1) is 12.7 Å². The summed E-state index contributed by atoms with van der Waals surface area (Å²) in [5, 5.41) is 15.9. The average Bonchev–Trinajstić information content (AvgIpc) is 3.47. The largest absolute Gasteiger partial charge is 0.477 e. The number of piperazine rings is 1. The zero-order valence-corrected chi connectivity index (χ0v) is 27.0. The first-order valence-electron chi connectivity index (χ1n) is 16.2. The number of carboxylic acid groups (broad SMARTS) is 1. The molecule has 4 aromatic rings. The van der Waals surface area contributed by atoms with Crippen LogP contribution in [0.15, 0.2) is 46.1 Å². The topological polar surface area (TPSA) is 139 Å². The molecule has 1 saturated heterocycles. The van der Waals surface area contributed by atoms with E-state index in [2.05, 4.69) is 56.4 Å². The van der Waals surface area contributed by atoms with E-state index >= 15 is 4.39 Å². The van der Waals surface area contributed by atoms with Crippen molar-refractivity contribution in [2.75, 3.05) is 66.4 Å². The number of H-pyrrole nitrogens is 1. The van der Waals surface area contributed by atoms with E-state index in [1.54, 1.807) is 10.6 Å². The molecule has 0 saturated carbocycles. The van der Waals surface area contributed by atoms with Crippen molar-refractivity contribution in [1.29, 1.82) is 0 Å². The number of nitrogens with one attached hydrogen (secondary N) is 3. The summed E-state index contributed by atoms with van der Waals surface area (Å²) in [7, 11) is 0. The van der Waals surface area contributed by atoms with Gasteiger partial charge in [0.15, 0.2) is 0 Å². The molecule has 2 aromatic carbocycles. The van der Waals surface area contributed by atoms with Crippen LogP contribution >= 0.6 is 0 Å². The minimum absolute atomic E-state index is 0.0760. The van der Waals surface area contributed by atoms with Gasteiger partial charge in [-0.25, -0.2) is 9.18 Å². The Morgan fingerprint density at radius 2 is 1.83 bits per heavy atom. The van der Waals surface area contributed by atoms with E-state index < -0.39 is 17.2 Å². The lowest BCUT2D eigenvalue weighted by Gasteiger charge is -2.36. The number of carboxylic acids is 1. The number of aryl methyl sites for hydroxylation is 3. The van der Waals surface area contributed by atoms with E-state index in [9.17, 15) is 19.5 Å². The minimum atomic E-state index is -1.32. The van der Waals surface area contributed by atoms with E-state index in [0.717, 1.165) is 56.9 Å². The van der Waals surface area contributed by atoms with E-state index in [1.165, 1.54) is 23.4 Å². The average molecular weight is 645 g/mol. The highest BCUT2D eigenvalue weighted by Gasteiger charge is 2.25. The van der Waals surface area contributed by atoms with Gasteiger partial charge in [-0.05, 0) is 75.0 Å². The number of aromatic carboxylic acids is 1. The van der Waals surface area contributed by atoms with Crippen LogP contribution in [-0.4, -0.2) is 76.4 Å². The number of unbranched alkanes of at least 4 members (excludes halogenated alkanes) is 1. The van der Waals surface area contributed by atoms with Crippen LogP contribution in [0.3, 0.4) is 0 Å². The molecule has 4 heterocycles. The Balaban J connectivity index is 1.03. The van der Waals surface area contributed by atoms with Gasteiger partial charge in [-0.15, -0.1) is 0 Å². The van der Waals surface area contributed by atoms with E-state index in [1.807, 2.05) is 17.9 Å². The molecule has 13 heteroatoms. The van der Waals surface area contributed by atoms with Crippen molar-refractivity contribution >= 4 is 45.7 Å². The zero-order chi connectivity index (χ0) is 33.2. The third kappa shape index (κ3) is 6.53. The smallest absolute Gasteiger partial charge is 0.341 e. The number of anilines is 5. The molecule has 0 amide bonds. The Bertz CT molecular complexity index is 1930. The molecule has 0 unspecified atom stereocenters. The summed E-state index contributed by atoms with van der Waals surface area (Å²) in [6.07, 6.45) is 4.15. The first-order valence-corrected chi connectivity index (χ1v) is 16.2. The predicted molar refractivity (Wildman–Crippen MR) is 183 cm³/mol. The molecule has 2 aromatic heterocycles. The Hall–Kier alpha value is -4.91. The fourth-order valence-corrected chi connectivity index (χ4v) is 6.53. The third-order valence-corrected chi connectivity index (χ3v) is 9.24. The lowest BCUT2D eigenvalue weighted by Crippen LogP contribution is -2.47. The summed E-state index contributed by atoms with van der Waals surface area (Å²) in [5.74, 6) is -0.686. The lowest BCUT2D eigenvalue weighted by atomic mass is 10.1. The second-order valence-corrected chi connectivity index (χ2v) is 12.2. The van der Waals surface area contributed by atoms with Crippen molar-refractivity contribution in [3.63, 3.8) is 0 Å². The van der Waals surface area contributed by atoms with Gasteiger partial charge in [-0.1, -0.05) is 13.0 Å². The van der Waals surface area contributed by atoms with Gasteiger partial charge in [0.2, 0.25) is 11.4 Å². The number of hydrogen-bond acceptors (Lipinski definition) is 9. The SMILES string of the molecule is CCc1cc(Nc2nc(=O)c3c([nH]2)N(CCCCN2CCN(c4cc5c(cc4F)c(=O)c(C(=O)O)cn5CC)CC2)CN3)ccc1C. The van der Waals surface area contributed by atoms with Crippen molar-refractivity contribution < 1.29 is 14.3 Å². The Morgan fingerprint density at radius 3 is 2.55 bits per heavy atom. The van der Waals surface area contributed by atoms with Gasteiger partial charge in [-0.3, -0.25) is 14.5 Å². The fraction of sp³-hybridized carbons (Fsp3) is 0.412. The van der Waals surface area contributed by atoms with Gasteiger partial charge in [0.1, 0.15) is 22.9 Å². The molecule has 1 fully saturated rings. The first-order chi connectivity index (χ1) is 22.7. The quantitative estimate of drug-likeness (QED) is 0.174. The molecule has 2 aliphatic heterocycles. The Kier molecular flexibility index (Phi) is 9.17. The standard InChI is InChI=1S/C34H41FN8O4/c1-4-22-16-23(9-8-21(22)3)37-34-38-31-29(32(45)39-34)36-20-43(31)11-7-6-10-40-12-14-42(15-13-40)28-18-27-24(17-26(28)35)30(44)25(33(46)47)19-41(27)5-2/h8-9,16-19,36H,4-7,10-15,20H2,1-3H3,(H,46,47)(H2,37,38,39,45). The molecule has 0 atom stereocenters. The molecule has 0 aliphatic carbocycles. The van der Waals surface area contributed by atoms with Crippen LogP contribution in [-0.2, 0) is 13.0 Å². The second kappa shape index (κ2) is 13.4.